The van der Waals surface area contributed by atoms with Gasteiger partial charge in [0.25, 0.3) is 0 Å². The molecule has 0 fully saturated rings. The fraction of sp³-hybridized carbons (Fsp3) is 0.360. The minimum Gasteiger partial charge on any atom is -0.493 e. The standard InChI is InChI=1S/C25H27NO5S/c1-16-4-10-19(11-5-16)32(28,29)26(2)15-14-25-18-8-6-17-7-13-21(30-3)23(22(17)25)31-24(25)20(27)12-9-18/h4-13,18,20,24,27H,14-15H2,1-3H3/t18-,20-,24+,25+/m1/s1. The van der Waals surface area contributed by atoms with E-state index in [9.17, 15) is 13.5 Å². The monoisotopic (exact) mass is 453 g/mol. The Morgan fingerprint density at radius 1 is 1.12 bits per heavy atom. The number of sulfonamides is 1. The van der Waals surface area contributed by atoms with Crippen molar-refractivity contribution < 1.29 is 23.0 Å². The maximum absolute atomic E-state index is 13.2. The van der Waals surface area contributed by atoms with Gasteiger partial charge in [0.2, 0.25) is 10.0 Å². The molecule has 0 radical (unpaired) electrons. The Morgan fingerprint density at radius 3 is 2.59 bits per heavy atom. The Labute approximate surface area is 188 Å². The van der Waals surface area contributed by atoms with Gasteiger partial charge in [-0.1, -0.05) is 48.1 Å². The van der Waals surface area contributed by atoms with Crippen LogP contribution in [0.2, 0.25) is 0 Å². The van der Waals surface area contributed by atoms with Gasteiger partial charge in [-0.25, -0.2) is 12.7 Å². The molecule has 168 valence electrons. The van der Waals surface area contributed by atoms with Gasteiger partial charge in [0, 0.05) is 25.1 Å². The van der Waals surface area contributed by atoms with E-state index in [0.29, 0.717) is 17.9 Å². The smallest absolute Gasteiger partial charge is 0.242 e. The molecule has 5 rings (SSSR count). The number of aryl methyl sites for hydroxylation is 1. The predicted molar refractivity (Wildman–Crippen MR) is 122 cm³/mol. The largest absolute Gasteiger partial charge is 0.493 e. The van der Waals surface area contributed by atoms with Gasteiger partial charge in [-0.2, -0.15) is 0 Å². The van der Waals surface area contributed by atoms with E-state index in [2.05, 4.69) is 12.2 Å². The van der Waals surface area contributed by atoms with E-state index in [1.807, 2.05) is 25.1 Å². The van der Waals surface area contributed by atoms with Gasteiger partial charge in [0.1, 0.15) is 12.2 Å². The zero-order valence-electron chi connectivity index (χ0n) is 18.4. The second-order valence-electron chi connectivity index (χ2n) is 8.79. The average molecular weight is 454 g/mol. The molecule has 0 spiro atoms. The van der Waals surface area contributed by atoms with E-state index >= 15 is 0 Å². The molecule has 2 aromatic rings. The molecule has 1 aliphatic heterocycles. The van der Waals surface area contributed by atoms with Crippen LogP contribution in [0, 0.1) is 12.8 Å². The summed E-state index contributed by atoms with van der Waals surface area (Å²) in [4.78, 5) is 0.275. The highest BCUT2D eigenvalue weighted by Gasteiger charge is 2.59. The predicted octanol–water partition coefficient (Wildman–Crippen LogP) is 3.29. The molecule has 6 nitrogen and oxygen atoms in total. The Balaban J connectivity index is 1.53. The normalized spacial score (nSPS) is 27.3. The van der Waals surface area contributed by atoms with Crippen LogP contribution in [0.15, 0.2) is 59.5 Å². The quantitative estimate of drug-likeness (QED) is 0.680. The van der Waals surface area contributed by atoms with E-state index in [0.717, 1.165) is 16.7 Å². The van der Waals surface area contributed by atoms with Crippen molar-refractivity contribution in [1.82, 2.24) is 4.31 Å². The molecule has 0 saturated carbocycles. The lowest BCUT2D eigenvalue weighted by atomic mass is 9.59. The minimum atomic E-state index is -3.63. The number of aliphatic hydroxyl groups is 1. The number of aliphatic hydroxyl groups excluding tert-OH is 1. The molecule has 32 heavy (non-hydrogen) atoms. The third kappa shape index (κ3) is 2.95. The SMILES string of the molecule is COc1ccc2c3c1O[C@H]1[C@H](O)C=C[C@@H](C=C2)[C@@]31CCN(C)S(=O)(=O)c1ccc(C)cc1. The van der Waals surface area contributed by atoms with Crippen LogP contribution in [0.5, 0.6) is 11.5 Å². The van der Waals surface area contributed by atoms with E-state index < -0.39 is 27.6 Å². The van der Waals surface area contributed by atoms with Crippen LogP contribution in [0.4, 0.5) is 0 Å². The molecule has 0 amide bonds. The van der Waals surface area contributed by atoms with Gasteiger partial charge in [0.15, 0.2) is 11.5 Å². The lowest BCUT2D eigenvalue weighted by molar-refractivity contribution is 0.00862. The maximum Gasteiger partial charge on any atom is 0.242 e. The molecule has 2 aromatic carbocycles. The molecule has 7 heteroatoms. The van der Waals surface area contributed by atoms with Crippen LogP contribution in [0.25, 0.3) is 6.08 Å². The van der Waals surface area contributed by atoms with Crippen molar-refractivity contribution in [2.75, 3.05) is 20.7 Å². The molecule has 0 saturated heterocycles. The lowest BCUT2D eigenvalue weighted by Crippen LogP contribution is -2.54. The zero-order valence-corrected chi connectivity index (χ0v) is 19.2. The van der Waals surface area contributed by atoms with E-state index in [1.54, 1.807) is 44.5 Å². The van der Waals surface area contributed by atoms with Gasteiger partial charge >= 0.3 is 0 Å². The third-order valence-electron chi connectivity index (χ3n) is 7.06. The van der Waals surface area contributed by atoms with Crippen molar-refractivity contribution >= 4 is 16.1 Å². The van der Waals surface area contributed by atoms with Crippen LogP contribution in [-0.4, -0.2) is 50.7 Å². The summed E-state index contributed by atoms with van der Waals surface area (Å²) in [5.41, 5.74) is 2.46. The molecular weight excluding hydrogens is 426 g/mol. The Kier molecular flexibility index (Phi) is 4.96. The Hall–Kier alpha value is -2.61. The minimum absolute atomic E-state index is 0.00719. The topological polar surface area (TPSA) is 76.1 Å². The van der Waals surface area contributed by atoms with E-state index in [1.165, 1.54) is 4.31 Å². The Bertz CT molecular complexity index is 1220. The fourth-order valence-corrected chi connectivity index (χ4v) is 6.49. The van der Waals surface area contributed by atoms with E-state index in [-0.39, 0.29) is 17.4 Å². The summed E-state index contributed by atoms with van der Waals surface area (Å²) in [6.07, 6.45) is 7.17. The number of benzene rings is 2. The summed E-state index contributed by atoms with van der Waals surface area (Å²) < 4.78 is 39.6. The molecule has 0 aromatic heterocycles. The van der Waals surface area contributed by atoms with Crippen molar-refractivity contribution in [3.8, 4) is 11.5 Å². The molecular formula is C25H27NO5S. The molecule has 1 heterocycles. The summed E-state index contributed by atoms with van der Waals surface area (Å²) in [7, 11) is -0.426. The van der Waals surface area contributed by atoms with Gasteiger partial charge in [-0.15, -0.1) is 0 Å². The number of hydrogen-bond donors (Lipinski definition) is 1. The first-order chi connectivity index (χ1) is 15.3. The molecule has 3 aliphatic rings. The first-order valence-corrected chi connectivity index (χ1v) is 12.2. The molecule has 0 bridgehead atoms. The van der Waals surface area contributed by atoms with Crippen molar-refractivity contribution in [3.05, 3.63) is 71.3 Å². The summed E-state index contributed by atoms with van der Waals surface area (Å²) in [6, 6.07) is 10.8. The number of hydrogen-bond acceptors (Lipinski definition) is 5. The molecule has 0 unspecified atom stereocenters. The van der Waals surface area contributed by atoms with Gasteiger partial charge < -0.3 is 14.6 Å². The summed E-state index contributed by atoms with van der Waals surface area (Å²) in [5, 5.41) is 10.8. The number of ether oxygens (including phenoxy) is 2. The summed E-state index contributed by atoms with van der Waals surface area (Å²) >= 11 is 0. The van der Waals surface area contributed by atoms with Crippen LogP contribution in [0.3, 0.4) is 0 Å². The highest BCUT2D eigenvalue weighted by atomic mass is 32.2. The third-order valence-corrected chi connectivity index (χ3v) is 8.94. The first-order valence-electron chi connectivity index (χ1n) is 10.7. The highest BCUT2D eigenvalue weighted by Crippen LogP contribution is 2.59. The second-order valence-corrected chi connectivity index (χ2v) is 10.8. The van der Waals surface area contributed by atoms with Crippen LogP contribution < -0.4 is 9.47 Å². The second kappa shape index (κ2) is 7.47. The van der Waals surface area contributed by atoms with Crippen LogP contribution in [-0.2, 0) is 15.4 Å². The average Bonchev–Trinajstić information content (AvgIpc) is 3.15. The molecule has 4 atom stereocenters. The van der Waals surface area contributed by atoms with Crippen molar-refractivity contribution in [1.29, 1.82) is 0 Å². The first kappa shape index (κ1) is 21.2. The van der Waals surface area contributed by atoms with Gasteiger partial charge in [-0.05, 0) is 37.1 Å². The fourth-order valence-electron chi connectivity index (χ4n) is 5.32. The summed E-state index contributed by atoms with van der Waals surface area (Å²) in [6.45, 7) is 2.22. The Morgan fingerprint density at radius 2 is 1.88 bits per heavy atom. The number of allylic oxidation sites excluding steroid dienone is 2. The van der Waals surface area contributed by atoms with Crippen molar-refractivity contribution in [2.24, 2.45) is 5.92 Å². The van der Waals surface area contributed by atoms with Gasteiger partial charge in [-0.3, -0.25) is 0 Å². The summed E-state index contributed by atoms with van der Waals surface area (Å²) in [5.74, 6) is 1.27. The molecule has 2 aliphatic carbocycles. The molecule has 1 N–H and O–H groups in total. The van der Waals surface area contributed by atoms with Crippen molar-refractivity contribution in [3.63, 3.8) is 0 Å². The highest BCUT2D eigenvalue weighted by molar-refractivity contribution is 7.89. The van der Waals surface area contributed by atoms with E-state index in [4.69, 9.17) is 9.47 Å². The zero-order chi connectivity index (χ0) is 22.7. The number of nitrogens with zero attached hydrogens (tertiary/aromatic N) is 1. The van der Waals surface area contributed by atoms with Crippen LogP contribution in [0.1, 0.15) is 23.1 Å². The van der Waals surface area contributed by atoms with Crippen molar-refractivity contribution in [2.45, 2.75) is 35.9 Å². The number of rotatable bonds is 6. The van der Waals surface area contributed by atoms with Crippen LogP contribution >= 0.6 is 0 Å². The number of methoxy groups -OCH3 is 1. The lowest BCUT2D eigenvalue weighted by Gasteiger charge is -2.45. The van der Waals surface area contributed by atoms with Gasteiger partial charge in [0.05, 0.1) is 17.4 Å². The maximum atomic E-state index is 13.2.